The van der Waals surface area contributed by atoms with E-state index in [0.29, 0.717) is 51.9 Å². The minimum Gasteiger partial charge on any atom is -0.444 e. The van der Waals surface area contributed by atoms with Gasteiger partial charge in [-0.3, -0.25) is 24.0 Å². The highest BCUT2D eigenvalue weighted by Crippen LogP contribution is 2.47. The lowest BCUT2D eigenvalue weighted by molar-refractivity contribution is -0.142. The average molecular weight is 734 g/mol. The first-order valence-electron chi connectivity index (χ1n) is 18.8. The van der Waals surface area contributed by atoms with Crippen molar-refractivity contribution in [1.82, 2.24) is 25.2 Å². The van der Waals surface area contributed by atoms with Gasteiger partial charge in [0, 0.05) is 38.0 Å². The summed E-state index contributed by atoms with van der Waals surface area (Å²) < 4.78 is 33.6. The highest BCUT2D eigenvalue weighted by atomic mass is 32.2. The van der Waals surface area contributed by atoms with Crippen LogP contribution in [0.2, 0.25) is 0 Å². The molecule has 2 aromatic rings. The van der Waals surface area contributed by atoms with E-state index in [1.54, 1.807) is 25.7 Å². The van der Waals surface area contributed by atoms with Gasteiger partial charge in [0.05, 0.1) is 5.25 Å². The lowest BCUT2D eigenvalue weighted by atomic mass is 9.93. The number of nitrogens with zero attached hydrogens (tertiary/aromatic N) is 2. The second-order valence-corrected chi connectivity index (χ2v) is 18.4. The molecule has 2 saturated heterocycles. The fraction of sp³-hybridized carbons (Fsp3) is 0.590. The molecular formula is C39H51N5O7S. The van der Waals surface area contributed by atoms with Gasteiger partial charge < -0.3 is 20.3 Å². The van der Waals surface area contributed by atoms with Crippen molar-refractivity contribution in [2.75, 3.05) is 19.6 Å². The number of likely N-dealkylation sites (tertiary alicyclic amines) is 1. The Morgan fingerprint density at radius 1 is 0.981 bits per heavy atom. The molecule has 0 spiro atoms. The molecule has 13 heteroatoms. The van der Waals surface area contributed by atoms with Gasteiger partial charge in [0.2, 0.25) is 21.8 Å². The Morgan fingerprint density at radius 2 is 1.75 bits per heavy atom. The molecule has 12 nitrogen and oxygen atoms in total. The van der Waals surface area contributed by atoms with Gasteiger partial charge in [-0.2, -0.15) is 0 Å². The van der Waals surface area contributed by atoms with E-state index in [9.17, 15) is 27.6 Å². The molecule has 3 aliphatic heterocycles. The lowest BCUT2D eigenvalue weighted by Crippen LogP contribution is -2.60. The van der Waals surface area contributed by atoms with Crippen molar-refractivity contribution in [2.45, 2.75) is 107 Å². The van der Waals surface area contributed by atoms with Gasteiger partial charge in [-0.25, -0.2) is 13.2 Å². The zero-order valence-corrected chi connectivity index (χ0v) is 31.1. The summed E-state index contributed by atoms with van der Waals surface area (Å²) in [7, 11) is -3.85. The van der Waals surface area contributed by atoms with E-state index in [1.807, 2.05) is 24.3 Å². The summed E-state index contributed by atoms with van der Waals surface area (Å²) in [6.07, 6.45) is 7.94. The van der Waals surface area contributed by atoms with Crippen molar-refractivity contribution >= 4 is 44.6 Å². The summed E-state index contributed by atoms with van der Waals surface area (Å²) in [6, 6.07) is 12.7. The minimum atomic E-state index is -3.85. The number of allylic oxidation sites excluding steroid dienone is 1. The van der Waals surface area contributed by atoms with E-state index < -0.39 is 56.4 Å². The van der Waals surface area contributed by atoms with Crippen molar-refractivity contribution in [3.63, 3.8) is 0 Å². The predicted molar refractivity (Wildman–Crippen MR) is 196 cm³/mol. The molecule has 6 atom stereocenters. The van der Waals surface area contributed by atoms with Crippen LogP contribution >= 0.6 is 0 Å². The second kappa shape index (κ2) is 14.1. The molecule has 3 heterocycles. The fourth-order valence-corrected chi connectivity index (χ4v) is 9.78. The van der Waals surface area contributed by atoms with Crippen molar-refractivity contribution in [3.05, 3.63) is 60.2 Å². The third-order valence-electron chi connectivity index (χ3n) is 11.3. The number of hydrogen-bond acceptors (Lipinski definition) is 8. The Balaban J connectivity index is 1.18. The van der Waals surface area contributed by atoms with Gasteiger partial charge in [-0.1, -0.05) is 67.5 Å². The Hall–Kier alpha value is -3.97. The Kier molecular flexibility index (Phi) is 9.88. The maximum atomic E-state index is 14.6. The highest BCUT2D eigenvalue weighted by molar-refractivity contribution is 7.91. The Bertz CT molecular complexity index is 1870. The molecular weight excluding hydrogens is 683 g/mol. The van der Waals surface area contributed by atoms with Crippen LogP contribution in [0.1, 0.15) is 77.7 Å². The zero-order chi connectivity index (χ0) is 36.8. The number of ether oxygens (including phenoxy) is 1. The van der Waals surface area contributed by atoms with Gasteiger partial charge >= 0.3 is 6.09 Å². The summed E-state index contributed by atoms with van der Waals surface area (Å²) in [5.41, 5.74) is -1.01. The molecule has 4 amide bonds. The molecule has 280 valence electrons. The van der Waals surface area contributed by atoms with Crippen LogP contribution in [0, 0.1) is 17.8 Å². The number of nitrogens with one attached hydrogen (secondary N) is 3. The predicted octanol–water partition coefficient (Wildman–Crippen LogP) is 4.00. The van der Waals surface area contributed by atoms with Crippen molar-refractivity contribution in [3.8, 4) is 0 Å². The van der Waals surface area contributed by atoms with Crippen LogP contribution in [0.25, 0.3) is 10.8 Å². The molecule has 4 fully saturated rings. The molecule has 3 N–H and O–H groups in total. The number of carbonyl (C=O) groups excluding carboxylic acids is 4. The molecule has 2 saturated carbocycles. The largest absolute Gasteiger partial charge is 0.444 e. The maximum absolute atomic E-state index is 14.6. The number of rotatable bonds is 6. The molecule has 2 aromatic carbocycles. The molecule has 0 unspecified atom stereocenters. The van der Waals surface area contributed by atoms with Gasteiger partial charge in [-0.15, -0.1) is 0 Å². The number of fused-ring (bicyclic) bond motifs is 5. The summed E-state index contributed by atoms with van der Waals surface area (Å²) >= 11 is 0. The van der Waals surface area contributed by atoms with Crippen molar-refractivity contribution in [1.29, 1.82) is 0 Å². The van der Waals surface area contributed by atoms with Crippen LogP contribution in [0.3, 0.4) is 0 Å². The van der Waals surface area contributed by atoms with E-state index in [-0.39, 0.29) is 30.1 Å². The highest BCUT2D eigenvalue weighted by Gasteiger charge is 2.63. The fourth-order valence-electron chi connectivity index (χ4n) is 8.41. The topological polar surface area (TPSA) is 154 Å². The first-order chi connectivity index (χ1) is 24.7. The van der Waals surface area contributed by atoms with Crippen molar-refractivity contribution in [2.24, 2.45) is 17.8 Å². The van der Waals surface area contributed by atoms with Gasteiger partial charge in [0.1, 0.15) is 23.2 Å². The van der Waals surface area contributed by atoms with Crippen LogP contribution in [-0.2, 0) is 35.7 Å². The molecule has 52 heavy (non-hydrogen) atoms. The Labute approximate surface area is 306 Å². The summed E-state index contributed by atoms with van der Waals surface area (Å²) in [4.78, 5) is 59.9. The lowest BCUT2D eigenvalue weighted by Gasteiger charge is -2.33. The van der Waals surface area contributed by atoms with E-state index >= 15 is 0 Å². The number of carbonyl (C=O) groups is 4. The van der Waals surface area contributed by atoms with Crippen LogP contribution in [0.4, 0.5) is 4.79 Å². The SMILES string of the molecule is CC(C)(C)OC(=O)N[C@H]1CCCCC/C=C\[C@@H]2C[C@]2(C(=O)NS(=O)(=O)C2CC2)NC(=O)[C@@H]2[C@H]3CN(Cc4cccc5ccccc45)C[C@H]3CN2C1=O. The number of hydrogen-bond donors (Lipinski definition) is 3. The normalized spacial score (nSPS) is 30.6. The van der Waals surface area contributed by atoms with E-state index in [1.165, 1.54) is 10.9 Å². The number of alkyl carbamates (subject to hydrolysis) is 1. The van der Waals surface area contributed by atoms with Crippen LogP contribution in [-0.4, -0.2) is 90.1 Å². The van der Waals surface area contributed by atoms with Gasteiger partial charge in [0.25, 0.3) is 5.91 Å². The molecule has 5 aliphatic rings. The molecule has 0 bridgehead atoms. The third-order valence-corrected chi connectivity index (χ3v) is 13.1. The quantitative estimate of drug-likeness (QED) is 0.377. The van der Waals surface area contributed by atoms with E-state index in [2.05, 4.69) is 50.6 Å². The zero-order valence-electron chi connectivity index (χ0n) is 30.3. The van der Waals surface area contributed by atoms with Crippen LogP contribution in [0.5, 0.6) is 0 Å². The molecule has 7 rings (SSSR count). The summed E-state index contributed by atoms with van der Waals surface area (Å²) in [5.74, 6) is -2.19. The number of amides is 4. The smallest absolute Gasteiger partial charge is 0.408 e. The molecule has 2 aliphatic carbocycles. The average Bonchev–Trinajstić information content (AvgIpc) is 3.98. The van der Waals surface area contributed by atoms with Crippen LogP contribution < -0.4 is 15.4 Å². The van der Waals surface area contributed by atoms with Gasteiger partial charge in [-0.05, 0) is 81.5 Å². The third kappa shape index (κ3) is 7.71. The standard InChI is InChI=1S/C39H51N5O7S/c1-38(2,3)51-37(48)40-32-17-8-6-4-5-7-15-28-20-39(28,36(47)42-52(49,50)29-18-19-29)41-34(45)33-31-24-43(22-27(31)23-44(33)35(32)46)21-26-14-11-13-25-12-9-10-16-30(25)26/h7,9-16,27-29,31-33H,4-6,8,17-24H2,1-3H3,(H,40,48)(H,41,45)(H,42,47)/b15-7-/t27-,28+,31-,32-,33-,39-/m0/s1. The second-order valence-electron chi connectivity index (χ2n) is 16.4. The van der Waals surface area contributed by atoms with E-state index in [0.717, 1.165) is 24.6 Å². The summed E-state index contributed by atoms with van der Waals surface area (Å²) in [5, 5.41) is 7.55. The van der Waals surface area contributed by atoms with Crippen LogP contribution in [0.15, 0.2) is 54.6 Å². The van der Waals surface area contributed by atoms with E-state index in [4.69, 9.17) is 4.74 Å². The maximum Gasteiger partial charge on any atom is 0.408 e. The van der Waals surface area contributed by atoms with Gasteiger partial charge in [0.15, 0.2) is 0 Å². The number of benzene rings is 2. The summed E-state index contributed by atoms with van der Waals surface area (Å²) in [6.45, 7) is 7.50. The first-order valence-corrected chi connectivity index (χ1v) is 20.3. The minimum absolute atomic E-state index is 0.0225. The Morgan fingerprint density at radius 3 is 2.52 bits per heavy atom. The number of sulfonamides is 1. The van der Waals surface area contributed by atoms with Crippen molar-refractivity contribution < 1.29 is 32.3 Å². The molecule has 0 radical (unpaired) electrons. The molecule has 0 aromatic heterocycles. The monoisotopic (exact) mass is 733 g/mol. The first kappa shape index (κ1) is 36.4.